The highest BCUT2D eigenvalue weighted by Gasteiger charge is 2.28. The van der Waals surface area contributed by atoms with Gasteiger partial charge in [0.1, 0.15) is 17.3 Å². The molecule has 2 aromatic rings. The fourth-order valence-corrected chi connectivity index (χ4v) is 3.83. The number of aromatic nitrogens is 1. The molecule has 1 aromatic carbocycles. The largest absolute Gasteiger partial charge is 0.491 e. The smallest absolute Gasteiger partial charge is 0.270 e. The number of ether oxygens (including phenoxy) is 2. The molecule has 2 aliphatic heterocycles. The van der Waals surface area contributed by atoms with Crippen LogP contribution in [-0.4, -0.2) is 60.9 Å². The third-order valence-corrected chi connectivity index (χ3v) is 5.48. The summed E-state index contributed by atoms with van der Waals surface area (Å²) in [6.45, 7) is 1.11. The van der Waals surface area contributed by atoms with Crippen molar-refractivity contribution in [1.29, 1.82) is 0 Å². The lowest BCUT2D eigenvalue weighted by Crippen LogP contribution is -2.48. The van der Waals surface area contributed by atoms with Crippen LogP contribution in [0.5, 0.6) is 5.75 Å². The highest BCUT2D eigenvalue weighted by atomic mass is 19.1. The number of rotatable bonds is 5. The average Bonchev–Trinajstić information content (AvgIpc) is 3.24. The van der Waals surface area contributed by atoms with Gasteiger partial charge in [-0.2, -0.15) is 0 Å². The van der Waals surface area contributed by atoms with Crippen LogP contribution in [0.1, 0.15) is 44.1 Å². The second-order valence-electron chi connectivity index (χ2n) is 7.62. The zero-order chi connectivity index (χ0) is 22.0. The maximum Gasteiger partial charge on any atom is 0.270 e. The lowest BCUT2D eigenvalue weighted by Gasteiger charge is -2.28. The van der Waals surface area contributed by atoms with Gasteiger partial charge < -0.3 is 25.2 Å². The summed E-state index contributed by atoms with van der Waals surface area (Å²) in [7, 11) is 1.44. The van der Waals surface area contributed by atoms with Gasteiger partial charge in [0, 0.05) is 32.1 Å². The first-order chi connectivity index (χ1) is 15.0. The Bertz CT molecular complexity index is 1010. The number of fused-ring (bicyclic) bond motifs is 1. The average molecular weight is 429 g/mol. The van der Waals surface area contributed by atoms with Gasteiger partial charge in [-0.1, -0.05) is 6.07 Å². The Morgan fingerprint density at radius 3 is 2.84 bits per heavy atom. The molecule has 1 aromatic heterocycles. The minimum Gasteiger partial charge on any atom is -0.491 e. The molecule has 4 rings (SSSR count). The van der Waals surface area contributed by atoms with Crippen LogP contribution >= 0.6 is 0 Å². The summed E-state index contributed by atoms with van der Waals surface area (Å²) in [5.74, 6) is -0.886. The number of aliphatic hydroxyl groups excluding tert-OH is 1. The van der Waals surface area contributed by atoms with Crippen molar-refractivity contribution < 1.29 is 28.6 Å². The molecule has 0 aliphatic carbocycles. The Morgan fingerprint density at radius 1 is 1.26 bits per heavy atom. The Labute approximate surface area is 178 Å². The second kappa shape index (κ2) is 8.99. The SMILES string of the molecule is CNC(=O)c1ccc(Cc2cc(C(=O)N[C@H]3CCOC[C@@H]3O)nc3c2OCC3)cc1F. The zero-order valence-electron chi connectivity index (χ0n) is 17.1. The Morgan fingerprint density at radius 2 is 2.10 bits per heavy atom. The molecule has 1 fully saturated rings. The van der Waals surface area contributed by atoms with E-state index >= 15 is 0 Å². The minimum absolute atomic E-state index is 0.0301. The first kappa shape index (κ1) is 21.2. The predicted octanol–water partition coefficient (Wildman–Crippen LogP) is 0.986. The molecule has 2 amide bonds. The van der Waals surface area contributed by atoms with E-state index in [1.54, 1.807) is 12.1 Å². The molecule has 0 bridgehead atoms. The lowest BCUT2D eigenvalue weighted by molar-refractivity contribution is -0.0261. The van der Waals surface area contributed by atoms with Crippen LogP contribution in [-0.2, 0) is 17.6 Å². The number of hydrogen-bond donors (Lipinski definition) is 3. The molecule has 9 heteroatoms. The molecular weight excluding hydrogens is 405 g/mol. The number of benzene rings is 1. The summed E-state index contributed by atoms with van der Waals surface area (Å²) in [4.78, 5) is 28.9. The zero-order valence-corrected chi connectivity index (χ0v) is 17.1. The molecule has 8 nitrogen and oxygen atoms in total. The van der Waals surface area contributed by atoms with Gasteiger partial charge >= 0.3 is 0 Å². The van der Waals surface area contributed by atoms with Crippen LogP contribution in [0.2, 0.25) is 0 Å². The number of aliphatic hydroxyl groups is 1. The molecule has 1 saturated heterocycles. The van der Waals surface area contributed by atoms with E-state index in [0.717, 1.165) is 0 Å². The third-order valence-electron chi connectivity index (χ3n) is 5.48. The van der Waals surface area contributed by atoms with Crippen molar-refractivity contribution in [3.05, 3.63) is 58.2 Å². The topological polar surface area (TPSA) is 110 Å². The van der Waals surface area contributed by atoms with E-state index in [9.17, 15) is 19.1 Å². The van der Waals surface area contributed by atoms with Crippen molar-refractivity contribution in [3.63, 3.8) is 0 Å². The van der Waals surface area contributed by atoms with E-state index in [2.05, 4.69) is 15.6 Å². The number of hydrogen-bond acceptors (Lipinski definition) is 6. The summed E-state index contributed by atoms with van der Waals surface area (Å²) < 4.78 is 25.3. The van der Waals surface area contributed by atoms with Crippen LogP contribution < -0.4 is 15.4 Å². The van der Waals surface area contributed by atoms with E-state index < -0.39 is 23.9 Å². The molecule has 0 unspecified atom stereocenters. The Balaban J connectivity index is 1.58. The van der Waals surface area contributed by atoms with Gasteiger partial charge in [-0.05, 0) is 30.2 Å². The summed E-state index contributed by atoms with van der Waals surface area (Å²) in [6.07, 6.45) is 0.644. The monoisotopic (exact) mass is 429 g/mol. The quantitative estimate of drug-likeness (QED) is 0.654. The van der Waals surface area contributed by atoms with Crippen molar-refractivity contribution in [1.82, 2.24) is 15.6 Å². The molecular formula is C22H24FN3O5. The number of halogens is 1. The fourth-order valence-electron chi connectivity index (χ4n) is 3.83. The van der Waals surface area contributed by atoms with Gasteiger partial charge in [-0.3, -0.25) is 9.59 Å². The van der Waals surface area contributed by atoms with Crippen molar-refractivity contribution in [2.75, 3.05) is 26.9 Å². The number of carbonyl (C=O) groups excluding carboxylic acids is 2. The van der Waals surface area contributed by atoms with Crippen LogP contribution in [0.15, 0.2) is 24.3 Å². The van der Waals surface area contributed by atoms with Gasteiger partial charge in [0.2, 0.25) is 0 Å². The van der Waals surface area contributed by atoms with E-state index in [-0.39, 0.29) is 23.8 Å². The van der Waals surface area contributed by atoms with E-state index in [1.165, 1.54) is 19.2 Å². The van der Waals surface area contributed by atoms with E-state index in [0.29, 0.717) is 55.0 Å². The van der Waals surface area contributed by atoms with Crippen LogP contribution in [0, 0.1) is 5.82 Å². The first-order valence-corrected chi connectivity index (χ1v) is 10.2. The third kappa shape index (κ3) is 4.52. The standard InChI is InChI=1S/C22H24FN3O5/c1-24-21(28)14-3-2-12(9-15(14)23)8-13-10-18(25-17-5-7-31-20(13)17)22(29)26-16-4-6-30-11-19(16)27/h2-3,9-10,16,19,27H,4-8,11H2,1H3,(H,24,28)(H,26,29)/t16-,19-/m0/s1. The maximum absolute atomic E-state index is 14.4. The summed E-state index contributed by atoms with van der Waals surface area (Å²) >= 11 is 0. The lowest BCUT2D eigenvalue weighted by atomic mass is 10.0. The number of nitrogens with one attached hydrogen (secondary N) is 2. The van der Waals surface area contributed by atoms with Gasteiger partial charge in [0.15, 0.2) is 0 Å². The minimum atomic E-state index is -0.767. The Kier molecular flexibility index (Phi) is 6.15. The highest BCUT2D eigenvalue weighted by molar-refractivity contribution is 5.94. The van der Waals surface area contributed by atoms with E-state index in [4.69, 9.17) is 9.47 Å². The first-order valence-electron chi connectivity index (χ1n) is 10.2. The number of nitrogens with zero attached hydrogens (tertiary/aromatic N) is 1. The van der Waals surface area contributed by atoms with Crippen LogP contribution in [0.4, 0.5) is 4.39 Å². The molecule has 0 spiro atoms. The normalized spacial score (nSPS) is 20.0. The molecule has 2 atom stereocenters. The van der Waals surface area contributed by atoms with Crippen LogP contribution in [0.25, 0.3) is 0 Å². The van der Waals surface area contributed by atoms with Gasteiger partial charge in [0.05, 0.1) is 36.6 Å². The van der Waals surface area contributed by atoms with Gasteiger partial charge in [-0.15, -0.1) is 0 Å². The summed E-state index contributed by atoms with van der Waals surface area (Å²) in [5, 5.41) is 15.3. The molecule has 3 N–H and O–H groups in total. The number of carbonyl (C=O) groups is 2. The number of amides is 2. The predicted molar refractivity (Wildman–Crippen MR) is 109 cm³/mol. The molecule has 31 heavy (non-hydrogen) atoms. The molecule has 2 aliphatic rings. The van der Waals surface area contributed by atoms with E-state index in [1.807, 2.05) is 0 Å². The Hall–Kier alpha value is -3.04. The van der Waals surface area contributed by atoms with Crippen LogP contribution in [0.3, 0.4) is 0 Å². The van der Waals surface area contributed by atoms with Crippen molar-refractivity contribution in [2.45, 2.75) is 31.4 Å². The van der Waals surface area contributed by atoms with Crippen molar-refractivity contribution in [2.24, 2.45) is 0 Å². The fraction of sp³-hybridized carbons (Fsp3) is 0.409. The molecule has 3 heterocycles. The van der Waals surface area contributed by atoms with Crippen molar-refractivity contribution in [3.8, 4) is 5.75 Å². The second-order valence-corrected chi connectivity index (χ2v) is 7.62. The van der Waals surface area contributed by atoms with Crippen molar-refractivity contribution >= 4 is 11.8 Å². The summed E-state index contributed by atoms with van der Waals surface area (Å²) in [5.41, 5.74) is 2.23. The van der Waals surface area contributed by atoms with Gasteiger partial charge in [-0.25, -0.2) is 9.37 Å². The molecule has 164 valence electrons. The van der Waals surface area contributed by atoms with Gasteiger partial charge in [0.25, 0.3) is 11.8 Å². The number of pyridine rings is 1. The molecule has 0 radical (unpaired) electrons. The summed E-state index contributed by atoms with van der Waals surface area (Å²) in [6, 6.07) is 5.65. The molecule has 0 saturated carbocycles. The maximum atomic E-state index is 14.4. The highest BCUT2D eigenvalue weighted by Crippen LogP contribution is 2.31.